The summed E-state index contributed by atoms with van der Waals surface area (Å²) in [5.41, 5.74) is 20.1. The molecule has 11 aromatic rings. The lowest BCUT2D eigenvalue weighted by molar-refractivity contribution is 1.28. The average molecular weight is 828 g/mol. The smallest absolute Gasteiger partial charge is 0.0462 e. The first kappa shape index (κ1) is 39.3. The monoisotopic (exact) mass is 827 g/mol. The van der Waals surface area contributed by atoms with Crippen molar-refractivity contribution in [3.63, 3.8) is 0 Å². The highest BCUT2D eigenvalue weighted by Crippen LogP contribution is 2.43. The van der Waals surface area contributed by atoms with Crippen LogP contribution in [-0.2, 0) is 0 Å². The Bertz CT molecular complexity index is 3350. The zero-order valence-corrected chi connectivity index (χ0v) is 35.9. The fraction of sp³-hybridized carbons (Fsp3) is 0. The molecule has 0 bridgehead atoms. The van der Waals surface area contributed by atoms with Crippen molar-refractivity contribution >= 4 is 27.8 Å². The first-order valence-electron chi connectivity index (χ1n) is 22.3. The zero-order chi connectivity index (χ0) is 43.4. The van der Waals surface area contributed by atoms with Crippen molar-refractivity contribution in [2.45, 2.75) is 0 Å². The third-order valence-corrected chi connectivity index (χ3v) is 12.5. The van der Waals surface area contributed by atoms with E-state index >= 15 is 0 Å². The maximum atomic E-state index is 2.35. The highest BCUT2D eigenvalue weighted by atomic mass is 15.1. The Labute approximate surface area is 381 Å². The Morgan fingerprint density at radius 1 is 0.185 bits per heavy atom. The van der Waals surface area contributed by atoms with E-state index in [4.69, 9.17) is 0 Å². The van der Waals surface area contributed by atoms with Crippen LogP contribution in [0.1, 0.15) is 0 Å². The van der Waals surface area contributed by atoms with E-state index in [1.54, 1.807) is 0 Å². The van der Waals surface area contributed by atoms with Gasteiger partial charge in [0.05, 0.1) is 0 Å². The second-order valence-electron chi connectivity index (χ2n) is 16.5. The summed E-state index contributed by atoms with van der Waals surface area (Å²) in [5, 5.41) is 2.49. The summed E-state index contributed by atoms with van der Waals surface area (Å²) in [6.07, 6.45) is 0. The summed E-state index contributed by atoms with van der Waals surface area (Å²) in [6, 6.07) is 98.8. The van der Waals surface area contributed by atoms with E-state index in [2.05, 4.69) is 278 Å². The summed E-state index contributed by atoms with van der Waals surface area (Å²) >= 11 is 0. The van der Waals surface area contributed by atoms with Crippen molar-refractivity contribution in [1.82, 2.24) is 0 Å². The number of para-hydroxylation sites is 1. The van der Waals surface area contributed by atoms with Gasteiger partial charge in [0, 0.05) is 17.1 Å². The quantitative estimate of drug-likeness (QED) is 0.133. The molecule has 0 unspecified atom stereocenters. The number of nitrogens with zero attached hydrogens (tertiary/aromatic N) is 1. The molecule has 11 rings (SSSR count). The van der Waals surface area contributed by atoms with E-state index in [-0.39, 0.29) is 0 Å². The van der Waals surface area contributed by atoms with Crippen LogP contribution in [0.3, 0.4) is 0 Å². The van der Waals surface area contributed by atoms with Crippen molar-refractivity contribution in [2.24, 2.45) is 0 Å². The minimum absolute atomic E-state index is 1.09. The van der Waals surface area contributed by atoms with E-state index in [9.17, 15) is 0 Å². The van der Waals surface area contributed by atoms with Crippen LogP contribution in [0, 0.1) is 0 Å². The SMILES string of the molecule is c1ccc(-c2ccc(-c3ccc(-c4ccccc4)cc3-c3ccc(N(c4ccccc4)c4ccc(-c5cc(-c6ccccc6)ccc5-c5cccc6ccccc56)cc4)cc3)cc2)cc1. The van der Waals surface area contributed by atoms with Gasteiger partial charge in [-0.1, -0.05) is 224 Å². The van der Waals surface area contributed by atoms with Crippen molar-refractivity contribution in [3.8, 4) is 77.9 Å². The lowest BCUT2D eigenvalue weighted by Gasteiger charge is -2.26. The normalized spacial score (nSPS) is 11.1. The first-order chi connectivity index (χ1) is 32.2. The zero-order valence-electron chi connectivity index (χ0n) is 35.9. The molecule has 11 aromatic carbocycles. The molecule has 0 aliphatic carbocycles. The molecular formula is C64H45N. The molecule has 0 amide bonds. The average Bonchev–Trinajstić information content (AvgIpc) is 3.40. The number of hydrogen-bond donors (Lipinski definition) is 0. The third-order valence-electron chi connectivity index (χ3n) is 12.5. The molecule has 65 heavy (non-hydrogen) atoms. The van der Waals surface area contributed by atoms with Gasteiger partial charge in [-0.15, -0.1) is 0 Å². The lowest BCUT2D eigenvalue weighted by atomic mass is 9.89. The maximum Gasteiger partial charge on any atom is 0.0462 e. The van der Waals surface area contributed by atoms with E-state index in [1.807, 2.05) is 0 Å². The summed E-state index contributed by atoms with van der Waals surface area (Å²) in [7, 11) is 0. The van der Waals surface area contributed by atoms with Crippen molar-refractivity contribution in [2.75, 3.05) is 4.90 Å². The van der Waals surface area contributed by atoms with Gasteiger partial charge in [-0.05, 0) is 137 Å². The fourth-order valence-electron chi connectivity index (χ4n) is 9.21. The van der Waals surface area contributed by atoms with Gasteiger partial charge in [0.2, 0.25) is 0 Å². The minimum Gasteiger partial charge on any atom is -0.311 e. The topological polar surface area (TPSA) is 3.24 Å². The molecule has 1 nitrogen and oxygen atoms in total. The number of hydrogen-bond acceptors (Lipinski definition) is 1. The standard InChI is InChI=1S/C64H45N/c1-5-16-46(17-6-1)49-28-30-51(31-29-49)60-42-36-54(47-18-7-2-8-19-47)44-63(60)52-32-38-57(39-33-52)65(56-24-11-4-12-25-56)58-40-34-53(35-41-58)64-45-55(48-20-9-3-10-21-48)37-43-62(64)61-27-15-23-50-22-13-14-26-59(50)61/h1-45H. The number of rotatable bonds is 10. The second-order valence-corrected chi connectivity index (χ2v) is 16.5. The van der Waals surface area contributed by atoms with Crippen LogP contribution in [0.2, 0.25) is 0 Å². The summed E-state index contributed by atoms with van der Waals surface area (Å²) in [4.78, 5) is 2.35. The highest BCUT2D eigenvalue weighted by Gasteiger charge is 2.17. The van der Waals surface area contributed by atoms with Gasteiger partial charge in [-0.2, -0.15) is 0 Å². The van der Waals surface area contributed by atoms with E-state index in [0.29, 0.717) is 0 Å². The minimum atomic E-state index is 1.09. The highest BCUT2D eigenvalue weighted by molar-refractivity contribution is 6.01. The van der Waals surface area contributed by atoms with Gasteiger partial charge in [-0.3, -0.25) is 0 Å². The summed E-state index contributed by atoms with van der Waals surface area (Å²) in [5.74, 6) is 0. The predicted molar refractivity (Wildman–Crippen MR) is 277 cm³/mol. The summed E-state index contributed by atoms with van der Waals surface area (Å²) in [6.45, 7) is 0. The Kier molecular flexibility index (Phi) is 10.7. The maximum absolute atomic E-state index is 2.35. The van der Waals surface area contributed by atoms with Crippen LogP contribution >= 0.6 is 0 Å². The van der Waals surface area contributed by atoms with Crippen LogP contribution in [-0.4, -0.2) is 0 Å². The molecule has 0 aliphatic heterocycles. The molecule has 306 valence electrons. The number of anilines is 3. The van der Waals surface area contributed by atoms with Crippen LogP contribution in [0.15, 0.2) is 273 Å². The molecule has 1 heteroatoms. The van der Waals surface area contributed by atoms with E-state index < -0.39 is 0 Å². The molecule has 0 radical (unpaired) electrons. The predicted octanol–water partition coefficient (Wildman–Crippen LogP) is 18.0. The Morgan fingerprint density at radius 3 is 1.09 bits per heavy atom. The van der Waals surface area contributed by atoms with Gasteiger partial charge in [0.25, 0.3) is 0 Å². The van der Waals surface area contributed by atoms with Crippen molar-refractivity contribution < 1.29 is 0 Å². The van der Waals surface area contributed by atoms with Crippen LogP contribution < -0.4 is 4.90 Å². The largest absolute Gasteiger partial charge is 0.311 e. The van der Waals surface area contributed by atoms with Gasteiger partial charge >= 0.3 is 0 Å². The number of fused-ring (bicyclic) bond motifs is 1. The van der Waals surface area contributed by atoms with Crippen LogP contribution in [0.25, 0.3) is 88.7 Å². The molecule has 0 saturated carbocycles. The van der Waals surface area contributed by atoms with Gasteiger partial charge in [0.1, 0.15) is 0 Å². The van der Waals surface area contributed by atoms with Gasteiger partial charge < -0.3 is 4.90 Å². The molecular weight excluding hydrogens is 783 g/mol. The van der Waals surface area contributed by atoms with Crippen LogP contribution in [0.4, 0.5) is 17.1 Å². The molecule has 0 spiro atoms. The Morgan fingerprint density at radius 2 is 0.538 bits per heavy atom. The fourth-order valence-corrected chi connectivity index (χ4v) is 9.21. The molecule has 0 N–H and O–H groups in total. The van der Waals surface area contributed by atoms with Crippen molar-refractivity contribution in [3.05, 3.63) is 273 Å². The second kappa shape index (κ2) is 17.7. The first-order valence-corrected chi connectivity index (χ1v) is 22.3. The Balaban J connectivity index is 0.982. The molecule has 0 aliphatic rings. The van der Waals surface area contributed by atoms with Crippen LogP contribution in [0.5, 0.6) is 0 Å². The molecule has 0 saturated heterocycles. The number of benzene rings is 11. The molecule has 0 fully saturated rings. The molecule has 0 atom stereocenters. The molecule has 0 aromatic heterocycles. The molecule has 0 heterocycles. The summed E-state index contributed by atoms with van der Waals surface area (Å²) < 4.78 is 0. The van der Waals surface area contributed by atoms with Gasteiger partial charge in [0.15, 0.2) is 0 Å². The van der Waals surface area contributed by atoms with Gasteiger partial charge in [-0.25, -0.2) is 0 Å². The third kappa shape index (κ3) is 8.04. The van der Waals surface area contributed by atoms with E-state index in [0.717, 1.165) is 22.6 Å². The Hall–Kier alpha value is -8.52. The van der Waals surface area contributed by atoms with Crippen molar-refractivity contribution in [1.29, 1.82) is 0 Å². The lowest BCUT2D eigenvalue weighted by Crippen LogP contribution is -2.09. The van der Waals surface area contributed by atoms with E-state index in [1.165, 1.54) is 83.1 Å².